The van der Waals surface area contributed by atoms with E-state index in [1.54, 1.807) is 0 Å². The van der Waals surface area contributed by atoms with Crippen LogP contribution in [0.1, 0.15) is 46.9 Å². The van der Waals surface area contributed by atoms with Gasteiger partial charge >= 0.3 is 18.3 Å². The first-order valence-electron chi connectivity index (χ1n) is 11.4. The van der Waals surface area contributed by atoms with E-state index in [2.05, 4.69) is 10.3 Å². The number of hydrogen-bond donors (Lipinski definition) is 1. The number of benzene rings is 2. The molecule has 13 heteroatoms. The third-order valence-corrected chi connectivity index (χ3v) is 6.48. The molecule has 1 aliphatic rings. The van der Waals surface area contributed by atoms with Crippen molar-refractivity contribution in [1.82, 2.24) is 4.98 Å². The van der Waals surface area contributed by atoms with Crippen LogP contribution in [0.3, 0.4) is 0 Å². The fourth-order valence-electron chi connectivity index (χ4n) is 4.13. The zero-order valence-electron chi connectivity index (χ0n) is 19.9. The summed E-state index contributed by atoms with van der Waals surface area (Å²) in [6, 6.07) is 6.14. The predicted molar refractivity (Wildman–Crippen MR) is 127 cm³/mol. The average molecular weight is 575 g/mol. The van der Waals surface area contributed by atoms with Gasteiger partial charge in [0.15, 0.2) is 0 Å². The lowest BCUT2D eigenvalue weighted by molar-refractivity contribution is -0.141. The molecule has 4 rings (SSSR count). The number of esters is 1. The van der Waals surface area contributed by atoms with E-state index in [1.165, 1.54) is 19.1 Å². The van der Waals surface area contributed by atoms with Crippen LogP contribution in [-0.4, -0.2) is 23.5 Å². The lowest BCUT2D eigenvalue weighted by Gasteiger charge is -2.19. The minimum absolute atomic E-state index is 0.00394. The fraction of sp³-hybridized carbons (Fsp3) is 0.269. The van der Waals surface area contributed by atoms with Crippen LogP contribution >= 0.6 is 11.6 Å². The number of hydrogen-bond acceptors (Lipinski definition) is 4. The number of pyridine rings is 1. The SMILES string of the molecule is CCOC(=O)c1cc(NC(=O)C2(c3ccc(C(F)(F)F)cc3F)CC2)cc(Cl)c1-c1ccc(C(F)(F)F)nc1. The Labute approximate surface area is 221 Å². The van der Waals surface area contributed by atoms with E-state index in [-0.39, 0.29) is 52.4 Å². The van der Waals surface area contributed by atoms with Crippen molar-refractivity contribution in [2.45, 2.75) is 37.5 Å². The number of carbonyl (C=O) groups is 2. The smallest absolute Gasteiger partial charge is 0.433 e. The van der Waals surface area contributed by atoms with Crippen LogP contribution in [0.5, 0.6) is 0 Å². The van der Waals surface area contributed by atoms with Gasteiger partial charge in [-0.3, -0.25) is 9.78 Å². The molecule has 1 N–H and O–H groups in total. The number of aromatic nitrogens is 1. The van der Waals surface area contributed by atoms with Crippen LogP contribution in [0.4, 0.5) is 36.4 Å². The highest BCUT2D eigenvalue weighted by atomic mass is 35.5. The summed E-state index contributed by atoms with van der Waals surface area (Å²) in [7, 11) is 0. The second-order valence-electron chi connectivity index (χ2n) is 8.76. The Balaban J connectivity index is 1.68. The van der Waals surface area contributed by atoms with Crippen LogP contribution in [0, 0.1) is 5.82 Å². The molecule has 206 valence electrons. The van der Waals surface area contributed by atoms with Crippen molar-refractivity contribution in [3.05, 3.63) is 81.9 Å². The third kappa shape index (κ3) is 5.70. The van der Waals surface area contributed by atoms with Crippen molar-refractivity contribution in [3.8, 4) is 11.1 Å². The largest absolute Gasteiger partial charge is 0.462 e. The first kappa shape index (κ1) is 28.3. The van der Waals surface area contributed by atoms with Gasteiger partial charge in [0, 0.05) is 28.6 Å². The van der Waals surface area contributed by atoms with Gasteiger partial charge in [-0.15, -0.1) is 0 Å². The molecule has 2 aromatic carbocycles. The van der Waals surface area contributed by atoms with Gasteiger partial charge in [-0.25, -0.2) is 9.18 Å². The normalized spacial score (nSPS) is 14.6. The Morgan fingerprint density at radius 3 is 2.23 bits per heavy atom. The number of halogens is 8. The van der Waals surface area contributed by atoms with Crippen LogP contribution in [0.25, 0.3) is 11.1 Å². The minimum Gasteiger partial charge on any atom is -0.462 e. The van der Waals surface area contributed by atoms with Crippen molar-refractivity contribution >= 4 is 29.2 Å². The van der Waals surface area contributed by atoms with Gasteiger partial charge in [0.2, 0.25) is 5.91 Å². The molecule has 0 saturated heterocycles. The Morgan fingerprint density at radius 2 is 1.72 bits per heavy atom. The van der Waals surface area contributed by atoms with Crippen molar-refractivity contribution in [1.29, 1.82) is 0 Å². The molecule has 0 spiro atoms. The summed E-state index contributed by atoms with van der Waals surface area (Å²) >= 11 is 6.38. The molecule has 0 aliphatic heterocycles. The number of anilines is 1. The summed E-state index contributed by atoms with van der Waals surface area (Å²) in [5.74, 6) is -2.82. The molecule has 1 aliphatic carbocycles. The van der Waals surface area contributed by atoms with Gasteiger partial charge in [-0.1, -0.05) is 23.7 Å². The zero-order valence-corrected chi connectivity index (χ0v) is 20.7. The van der Waals surface area contributed by atoms with Crippen molar-refractivity contribution < 1.29 is 45.1 Å². The summed E-state index contributed by atoms with van der Waals surface area (Å²) < 4.78 is 97.2. The number of nitrogens with one attached hydrogen (secondary N) is 1. The first-order valence-corrected chi connectivity index (χ1v) is 11.8. The van der Waals surface area contributed by atoms with E-state index in [0.29, 0.717) is 18.2 Å². The molecule has 0 radical (unpaired) electrons. The lowest BCUT2D eigenvalue weighted by Crippen LogP contribution is -2.29. The maximum Gasteiger partial charge on any atom is 0.433 e. The van der Waals surface area contributed by atoms with Gasteiger partial charge in [-0.05, 0) is 50.1 Å². The predicted octanol–water partition coefficient (Wildman–Crippen LogP) is 7.43. The van der Waals surface area contributed by atoms with Gasteiger partial charge < -0.3 is 10.1 Å². The molecule has 0 unspecified atom stereocenters. The quantitative estimate of drug-likeness (QED) is 0.246. The number of ether oxygens (including phenoxy) is 1. The molecule has 5 nitrogen and oxygen atoms in total. The minimum atomic E-state index is -4.76. The second kappa shape index (κ2) is 10.1. The highest BCUT2D eigenvalue weighted by molar-refractivity contribution is 6.34. The zero-order chi connectivity index (χ0) is 28.8. The van der Waals surface area contributed by atoms with E-state index < -0.39 is 46.7 Å². The van der Waals surface area contributed by atoms with Crippen molar-refractivity contribution in [3.63, 3.8) is 0 Å². The summed E-state index contributed by atoms with van der Waals surface area (Å²) in [5.41, 5.74) is -4.13. The standard InChI is InChI=1S/C26H18ClF7N2O3/c1-2-39-22(37)16-10-15(11-18(27)21(16)13-3-6-20(35-12-13)26(32,33)34)36-23(38)24(7-8-24)17-5-4-14(9-19(17)28)25(29,30)31/h3-6,9-12H,2,7-8H2,1H3,(H,36,38). The van der Waals surface area contributed by atoms with Gasteiger partial charge in [-0.2, -0.15) is 26.3 Å². The number of amides is 1. The van der Waals surface area contributed by atoms with E-state index in [0.717, 1.165) is 18.3 Å². The Kier molecular flexibility index (Phi) is 7.37. The first-order chi connectivity index (χ1) is 18.2. The van der Waals surface area contributed by atoms with E-state index in [1.807, 2.05) is 0 Å². The molecular formula is C26H18ClF7N2O3. The molecule has 1 heterocycles. The van der Waals surface area contributed by atoms with Crippen LogP contribution in [0.15, 0.2) is 48.7 Å². The number of rotatable bonds is 6. The average Bonchev–Trinajstić information content (AvgIpc) is 3.65. The molecule has 0 atom stereocenters. The maximum atomic E-state index is 14.6. The Morgan fingerprint density at radius 1 is 1.03 bits per heavy atom. The lowest BCUT2D eigenvalue weighted by atomic mass is 9.93. The summed E-state index contributed by atoms with van der Waals surface area (Å²) in [4.78, 5) is 29.2. The van der Waals surface area contributed by atoms with E-state index >= 15 is 0 Å². The van der Waals surface area contributed by atoms with E-state index in [9.17, 15) is 40.3 Å². The maximum absolute atomic E-state index is 14.6. The van der Waals surface area contributed by atoms with Crippen molar-refractivity contribution in [2.24, 2.45) is 0 Å². The second-order valence-corrected chi connectivity index (χ2v) is 9.17. The third-order valence-electron chi connectivity index (χ3n) is 6.18. The number of carbonyl (C=O) groups excluding carboxylic acids is 2. The van der Waals surface area contributed by atoms with Crippen LogP contribution in [-0.2, 0) is 27.3 Å². The molecular weight excluding hydrogens is 557 g/mol. The molecule has 1 fully saturated rings. The molecule has 39 heavy (non-hydrogen) atoms. The van der Waals surface area contributed by atoms with Crippen LogP contribution < -0.4 is 5.32 Å². The molecule has 0 bridgehead atoms. The fourth-order valence-corrected chi connectivity index (χ4v) is 4.45. The highest BCUT2D eigenvalue weighted by Gasteiger charge is 2.53. The molecule has 1 amide bonds. The summed E-state index contributed by atoms with van der Waals surface area (Å²) in [6.45, 7) is 1.48. The highest BCUT2D eigenvalue weighted by Crippen LogP contribution is 2.50. The van der Waals surface area contributed by atoms with Crippen LogP contribution in [0.2, 0.25) is 5.02 Å². The Hall–Kier alpha value is -3.67. The number of alkyl halides is 6. The molecule has 1 saturated carbocycles. The van der Waals surface area contributed by atoms with Crippen molar-refractivity contribution in [2.75, 3.05) is 11.9 Å². The molecule has 3 aromatic rings. The topological polar surface area (TPSA) is 68.3 Å². The van der Waals surface area contributed by atoms with Gasteiger partial charge in [0.1, 0.15) is 11.5 Å². The van der Waals surface area contributed by atoms with Gasteiger partial charge in [0.25, 0.3) is 0 Å². The van der Waals surface area contributed by atoms with Gasteiger partial charge in [0.05, 0.1) is 28.2 Å². The number of nitrogens with zero attached hydrogens (tertiary/aromatic N) is 1. The summed E-state index contributed by atoms with van der Waals surface area (Å²) in [5, 5.41) is 2.38. The Bertz CT molecular complexity index is 1430. The van der Waals surface area contributed by atoms with E-state index in [4.69, 9.17) is 16.3 Å². The monoisotopic (exact) mass is 574 g/mol. The molecule has 1 aromatic heterocycles. The summed E-state index contributed by atoms with van der Waals surface area (Å²) in [6.07, 6.45) is -8.24.